The normalized spacial score (nSPS) is 13.4. The Hall–Kier alpha value is -3.06. The molecule has 0 fully saturated rings. The summed E-state index contributed by atoms with van der Waals surface area (Å²) < 4.78 is 0. The number of hydrogen-bond donors (Lipinski definition) is 0. The van der Waals surface area contributed by atoms with Gasteiger partial charge in [0.2, 0.25) is 0 Å². The second kappa shape index (κ2) is 7.67. The molecule has 0 aromatic heterocycles. The smallest absolute Gasteiger partial charge is 0.0458 e. The van der Waals surface area contributed by atoms with Gasteiger partial charge < -0.3 is 4.90 Å². The minimum atomic E-state index is 0.990. The third-order valence-electron chi connectivity index (χ3n) is 4.48. The fraction of sp³-hybridized carbons (Fsp3) is 0.0833. The molecule has 1 aliphatic carbocycles. The summed E-state index contributed by atoms with van der Waals surface area (Å²) >= 11 is 0. The Morgan fingerprint density at radius 1 is 0.640 bits per heavy atom. The molecule has 0 heterocycles. The SMILES string of the molecule is C=CC1=CC=C(N(c2ccc(C=C)cc2)c2ccc(C=C)cc2)CC1. The molecule has 0 saturated carbocycles. The van der Waals surface area contributed by atoms with Gasteiger partial charge in [-0.05, 0) is 59.9 Å². The van der Waals surface area contributed by atoms with Crippen LogP contribution in [0.4, 0.5) is 11.4 Å². The van der Waals surface area contributed by atoms with Crippen molar-refractivity contribution in [2.45, 2.75) is 12.8 Å². The molecule has 2 aromatic rings. The van der Waals surface area contributed by atoms with E-state index in [1.165, 1.54) is 11.3 Å². The van der Waals surface area contributed by atoms with E-state index in [-0.39, 0.29) is 0 Å². The lowest BCUT2D eigenvalue weighted by Gasteiger charge is -2.29. The quantitative estimate of drug-likeness (QED) is 0.558. The predicted octanol–water partition coefficient (Wildman–Crippen LogP) is 6.90. The fourth-order valence-electron chi connectivity index (χ4n) is 3.00. The maximum Gasteiger partial charge on any atom is 0.0458 e. The highest BCUT2D eigenvalue weighted by atomic mass is 15.1. The van der Waals surface area contributed by atoms with Crippen molar-refractivity contribution in [1.29, 1.82) is 0 Å². The first kappa shape index (κ1) is 16.8. The van der Waals surface area contributed by atoms with E-state index >= 15 is 0 Å². The van der Waals surface area contributed by atoms with Crippen molar-refractivity contribution in [2.24, 2.45) is 0 Å². The molecule has 0 amide bonds. The molecular weight excluding hydrogens is 302 g/mol. The highest BCUT2D eigenvalue weighted by Gasteiger charge is 2.16. The van der Waals surface area contributed by atoms with Gasteiger partial charge in [0.05, 0.1) is 0 Å². The number of anilines is 2. The molecule has 3 rings (SSSR count). The van der Waals surface area contributed by atoms with Gasteiger partial charge in [0.25, 0.3) is 0 Å². The molecular formula is C24H23N. The summed E-state index contributed by atoms with van der Waals surface area (Å²) in [5.74, 6) is 0. The van der Waals surface area contributed by atoms with Gasteiger partial charge in [0.1, 0.15) is 0 Å². The van der Waals surface area contributed by atoms with Gasteiger partial charge >= 0.3 is 0 Å². The first-order valence-electron chi connectivity index (χ1n) is 8.52. The average molecular weight is 325 g/mol. The molecule has 0 unspecified atom stereocenters. The Morgan fingerprint density at radius 2 is 1.16 bits per heavy atom. The molecule has 0 bridgehead atoms. The Bertz CT molecular complexity index is 781. The van der Waals surface area contributed by atoms with Crippen LogP contribution in [-0.4, -0.2) is 0 Å². The number of rotatable bonds is 6. The summed E-state index contributed by atoms with van der Waals surface area (Å²) in [5.41, 5.74) is 7.11. The predicted molar refractivity (Wildman–Crippen MR) is 111 cm³/mol. The minimum absolute atomic E-state index is 0.990. The van der Waals surface area contributed by atoms with Crippen molar-refractivity contribution in [3.8, 4) is 0 Å². The maximum absolute atomic E-state index is 3.88. The van der Waals surface area contributed by atoms with Crippen LogP contribution in [0.5, 0.6) is 0 Å². The zero-order chi connectivity index (χ0) is 17.6. The lowest BCUT2D eigenvalue weighted by molar-refractivity contribution is 0.892. The van der Waals surface area contributed by atoms with Crippen molar-refractivity contribution in [1.82, 2.24) is 0 Å². The van der Waals surface area contributed by atoms with E-state index in [4.69, 9.17) is 0 Å². The molecule has 124 valence electrons. The van der Waals surface area contributed by atoms with Crippen molar-refractivity contribution < 1.29 is 0 Å². The van der Waals surface area contributed by atoms with E-state index in [1.54, 1.807) is 0 Å². The number of nitrogens with zero attached hydrogens (tertiary/aromatic N) is 1. The summed E-state index contributed by atoms with van der Waals surface area (Å²) in [5, 5.41) is 0. The van der Waals surface area contributed by atoms with E-state index in [1.807, 2.05) is 18.2 Å². The van der Waals surface area contributed by atoms with Crippen LogP contribution in [0.3, 0.4) is 0 Å². The molecule has 1 heteroatoms. The van der Waals surface area contributed by atoms with Gasteiger partial charge in [-0.25, -0.2) is 0 Å². The van der Waals surface area contributed by atoms with Crippen LogP contribution in [0.25, 0.3) is 12.2 Å². The minimum Gasteiger partial charge on any atom is -0.314 e. The third kappa shape index (κ3) is 3.72. The second-order valence-electron chi connectivity index (χ2n) is 6.03. The van der Waals surface area contributed by atoms with Gasteiger partial charge in [0, 0.05) is 17.1 Å². The second-order valence-corrected chi connectivity index (χ2v) is 6.03. The molecule has 25 heavy (non-hydrogen) atoms. The van der Waals surface area contributed by atoms with E-state index in [0.29, 0.717) is 0 Å². The van der Waals surface area contributed by atoms with E-state index in [9.17, 15) is 0 Å². The summed E-state index contributed by atoms with van der Waals surface area (Å²) in [6, 6.07) is 17.0. The Labute approximate surface area is 150 Å². The van der Waals surface area contributed by atoms with Crippen molar-refractivity contribution in [2.75, 3.05) is 4.90 Å². The molecule has 1 nitrogen and oxygen atoms in total. The molecule has 1 aliphatic rings. The largest absolute Gasteiger partial charge is 0.314 e. The third-order valence-corrected chi connectivity index (χ3v) is 4.48. The Morgan fingerprint density at radius 3 is 1.52 bits per heavy atom. The van der Waals surface area contributed by atoms with Crippen LogP contribution in [0.1, 0.15) is 24.0 Å². The summed E-state index contributed by atoms with van der Waals surface area (Å²) in [6.07, 6.45) is 12.0. The van der Waals surface area contributed by atoms with Gasteiger partial charge in [-0.1, -0.05) is 68.3 Å². The van der Waals surface area contributed by atoms with Crippen LogP contribution in [0.15, 0.2) is 97.8 Å². The zero-order valence-corrected chi connectivity index (χ0v) is 14.5. The molecule has 0 atom stereocenters. The van der Waals surface area contributed by atoms with E-state index < -0.39 is 0 Å². The lowest BCUT2D eigenvalue weighted by atomic mass is 10.0. The van der Waals surface area contributed by atoms with Crippen LogP contribution in [-0.2, 0) is 0 Å². The fourth-order valence-corrected chi connectivity index (χ4v) is 3.00. The monoisotopic (exact) mass is 325 g/mol. The first-order valence-corrected chi connectivity index (χ1v) is 8.52. The molecule has 2 aromatic carbocycles. The summed E-state index contributed by atoms with van der Waals surface area (Å²) in [4.78, 5) is 2.32. The molecule has 0 saturated heterocycles. The van der Waals surface area contributed by atoms with E-state index in [2.05, 4.69) is 85.3 Å². The number of benzene rings is 2. The highest BCUT2D eigenvalue weighted by molar-refractivity contribution is 5.71. The number of allylic oxidation sites excluding steroid dienone is 5. The van der Waals surface area contributed by atoms with Crippen LogP contribution in [0, 0.1) is 0 Å². The van der Waals surface area contributed by atoms with Crippen LogP contribution < -0.4 is 4.90 Å². The zero-order valence-electron chi connectivity index (χ0n) is 14.5. The Kier molecular flexibility index (Phi) is 5.15. The van der Waals surface area contributed by atoms with Crippen LogP contribution in [0.2, 0.25) is 0 Å². The lowest BCUT2D eigenvalue weighted by Crippen LogP contribution is -2.17. The first-order chi connectivity index (χ1) is 12.2. The molecule has 0 N–H and O–H groups in total. The molecule has 0 radical (unpaired) electrons. The van der Waals surface area contributed by atoms with E-state index in [0.717, 1.165) is 35.3 Å². The van der Waals surface area contributed by atoms with Gasteiger partial charge in [-0.3, -0.25) is 0 Å². The van der Waals surface area contributed by atoms with Gasteiger partial charge in [0.15, 0.2) is 0 Å². The molecule has 0 aliphatic heterocycles. The van der Waals surface area contributed by atoms with Crippen molar-refractivity contribution in [3.63, 3.8) is 0 Å². The summed E-state index contributed by atoms with van der Waals surface area (Å²) in [7, 11) is 0. The molecule has 0 spiro atoms. The van der Waals surface area contributed by atoms with Gasteiger partial charge in [-0.2, -0.15) is 0 Å². The number of hydrogen-bond acceptors (Lipinski definition) is 1. The topological polar surface area (TPSA) is 3.24 Å². The highest BCUT2D eigenvalue weighted by Crippen LogP contribution is 2.34. The average Bonchev–Trinajstić information content (AvgIpc) is 2.70. The van der Waals surface area contributed by atoms with Crippen LogP contribution >= 0.6 is 0 Å². The summed E-state index contributed by atoms with van der Waals surface area (Å²) in [6.45, 7) is 11.6. The standard InChI is InChI=1S/C24H23N/c1-4-19-7-13-22(14-8-19)25(23-15-9-20(5-2)10-16-23)24-17-11-21(6-3)12-18-24/h4-11,13-17H,1-3,12,18H2. The van der Waals surface area contributed by atoms with Gasteiger partial charge in [-0.15, -0.1) is 0 Å². The van der Waals surface area contributed by atoms with Crippen molar-refractivity contribution >= 4 is 23.5 Å². The van der Waals surface area contributed by atoms with Crippen molar-refractivity contribution in [3.05, 3.63) is 109 Å². The maximum atomic E-state index is 3.88. The Balaban J connectivity index is 2.05.